The molecule has 0 unspecified atom stereocenters. The molecule has 112 valence electrons. The molecule has 0 heterocycles. The molecular formula is C15H22BrNO2S. The number of halogens is 1. The standard InChI is InChI=1S/C15H22BrNO2S/c1-9(2)12-8-15(13(10(3)4)7-14(12)16)20(18,19)17-11-5-6-11/h7-11,17H,5-6H2,1-4H3. The lowest BCUT2D eigenvalue weighted by molar-refractivity contribution is 0.578. The summed E-state index contributed by atoms with van der Waals surface area (Å²) in [7, 11) is -3.42. The molecule has 0 bridgehead atoms. The van der Waals surface area contributed by atoms with Crippen molar-refractivity contribution in [2.45, 2.75) is 63.3 Å². The Kier molecular flexibility index (Phi) is 4.62. The van der Waals surface area contributed by atoms with Gasteiger partial charge in [-0.1, -0.05) is 43.6 Å². The van der Waals surface area contributed by atoms with Crippen LogP contribution in [-0.2, 0) is 10.0 Å². The highest BCUT2D eigenvalue weighted by molar-refractivity contribution is 9.10. The van der Waals surface area contributed by atoms with Gasteiger partial charge in [0.05, 0.1) is 4.90 Å². The summed E-state index contributed by atoms with van der Waals surface area (Å²) in [5.74, 6) is 0.443. The van der Waals surface area contributed by atoms with Gasteiger partial charge in [0.25, 0.3) is 0 Å². The second kappa shape index (κ2) is 5.78. The maximum atomic E-state index is 12.6. The Hall–Kier alpha value is -0.390. The van der Waals surface area contributed by atoms with Crippen molar-refractivity contribution in [1.29, 1.82) is 0 Å². The van der Waals surface area contributed by atoms with Crippen molar-refractivity contribution in [2.75, 3.05) is 0 Å². The van der Waals surface area contributed by atoms with Crippen molar-refractivity contribution in [3.05, 3.63) is 27.7 Å². The fourth-order valence-corrected chi connectivity index (χ4v) is 4.70. The van der Waals surface area contributed by atoms with E-state index in [0.29, 0.717) is 4.90 Å². The van der Waals surface area contributed by atoms with Gasteiger partial charge >= 0.3 is 0 Å². The fraction of sp³-hybridized carbons (Fsp3) is 0.600. The third-order valence-corrected chi connectivity index (χ3v) is 5.82. The molecule has 1 aliphatic carbocycles. The summed E-state index contributed by atoms with van der Waals surface area (Å²) in [6.45, 7) is 8.18. The molecule has 1 saturated carbocycles. The lowest BCUT2D eigenvalue weighted by atomic mass is 9.97. The second-order valence-electron chi connectivity index (χ2n) is 6.12. The van der Waals surface area contributed by atoms with E-state index in [4.69, 9.17) is 0 Å². The van der Waals surface area contributed by atoms with Gasteiger partial charge in [-0.25, -0.2) is 13.1 Å². The molecule has 3 nitrogen and oxygen atoms in total. The highest BCUT2D eigenvalue weighted by Gasteiger charge is 2.30. The van der Waals surface area contributed by atoms with E-state index in [1.165, 1.54) is 0 Å². The molecule has 20 heavy (non-hydrogen) atoms. The Bertz CT molecular complexity index is 605. The van der Waals surface area contributed by atoms with Gasteiger partial charge in [-0.15, -0.1) is 0 Å². The predicted octanol–water partition coefficient (Wildman–Crippen LogP) is 4.14. The third-order valence-electron chi connectivity index (χ3n) is 3.56. The Morgan fingerprint density at radius 2 is 1.65 bits per heavy atom. The Balaban J connectivity index is 2.55. The zero-order valence-corrected chi connectivity index (χ0v) is 14.8. The van der Waals surface area contributed by atoms with Crippen molar-refractivity contribution in [3.63, 3.8) is 0 Å². The molecule has 0 aliphatic heterocycles. The molecule has 1 aromatic rings. The van der Waals surface area contributed by atoms with Gasteiger partial charge in [-0.05, 0) is 47.9 Å². The average molecular weight is 360 g/mol. The Labute approximate surface area is 130 Å². The molecule has 5 heteroatoms. The van der Waals surface area contributed by atoms with Crippen LogP contribution in [0.2, 0.25) is 0 Å². The molecular weight excluding hydrogens is 338 g/mol. The van der Waals surface area contributed by atoms with Crippen molar-refractivity contribution in [3.8, 4) is 0 Å². The predicted molar refractivity (Wildman–Crippen MR) is 85.7 cm³/mol. The molecule has 1 aliphatic rings. The topological polar surface area (TPSA) is 46.2 Å². The molecule has 1 N–H and O–H groups in total. The molecule has 2 rings (SSSR count). The molecule has 1 fully saturated rings. The van der Waals surface area contributed by atoms with Crippen LogP contribution in [0.4, 0.5) is 0 Å². The van der Waals surface area contributed by atoms with Crippen LogP contribution in [0.3, 0.4) is 0 Å². The van der Waals surface area contributed by atoms with Crippen LogP contribution >= 0.6 is 15.9 Å². The summed E-state index contributed by atoms with van der Waals surface area (Å²) in [6.07, 6.45) is 1.90. The highest BCUT2D eigenvalue weighted by atomic mass is 79.9. The van der Waals surface area contributed by atoms with Crippen LogP contribution in [0.1, 0.15) is 63.5 Å². The normalized spacial score (nSPS) is 16.1. The minimum absolute atomic E-state index is 0.131. The minimum Gasteiger partial charge on any atom is -0.208 e. The van der Waals surface area contributed by atoms with Crippen molar-refractivity contribution >= 4 is 26.0 Å². The van der Waals surface area contributed by atoms with Gasteiger partial charge in [-0.2, -0.15) is 0 Å². The lowest BCUT2D eigenvalue weighted by Crippen LogP contribution is -2.27. The molecule has 0 saturated heterocycles. The van der Waals surface area contributed by atoms with E-state index >= 15 is 0 Å². The maximum Gasteiger partial charge on any atom is 0.241 e. The summed E-state index contributed by atoms with van der Waals surface area (Å²) >= 11 is 3.56. The number of hydrogen-bond donors (Lipinski definition) is 1. The van der Waals surface area contributed by atoms with E-state index in [-0.39, 0.29) is 17.9 Å². The van der Waals surface area contributed by atoms with Gasteiger partial charge in [0.1, 0.15) is 0 Å². The molecule has 0 spiro atoms. The van der Waals surface area contributed by atoms with E-state index in [0.717, 1.165) is 28.4 Å². The lowest BCUT2D eigenvalue weighted by Gasteiger charge is -2.18. The smallest absolute Gasteiger partial charge is 0.208 e. The number of rotatable bonds is 5. The first kappa shape index (κ1) is 16.0. The number of nitrogens with one attached hydrogen (secondary N) is 1. The van der Waals surface area contributed by atoms with E-state index in [1.54, 1.807) is 0 Å². The number of sulfonamides is 1. The Morgan fingerprint density at radius 3 is 2.10 bits per heavy atom. The van der Waals surface area contributed by atoms with Gasteiger partial charge in [0, 0.05) is 10.5 Å². The van der Waals surface area contributed by atoms with Crippen molar-refractivity contribution < 1.29 is 8.42 Å². The van der Waals surface area contributed by atoms with Crippen molar-refractivity contribution in [2.24, 2.45) is 0 Å². The minimum atomic E-state index is -3.42. The van der Waals surface area contributed by atoms with Crippen LogP contribution in [-0.4, -0.2) is 14.5 Å². The largest absolute Gasteiger partial charge is 0.241 e. The van der Waals surface area contributed by atoms with E-state index in [9.17, 15) is 8.42 Å². The van der Waals surface area contributed by atoms with Crippen LogP contribution in [0.15, 0.2) is 21.5 Å². The average Bonchev–Trinajstić information content (AvgIpc) is 3.10. The van der Waals surface area contributed by atoms with Gasteiger partial charge in [0.15, 0.2) is 0 Å². The first-order valence-corrected chi connectivity index (χ1v) is 9.35. The van der Waals surface area contributed by atoms with E-state index in [1.807, 2.05) is 26.0 Å². The summed E-state index contributed by atoms with van der Waals surface area (Å²) in [5, 5.41) is 0. The molecule has 0 aromatic heterocycles. The van der Waals surface area contributed by atoms with Crippen LogP contribution in [0, 0.1) is 0 Å². The van der Waals surface area contributed by atoms with Crippen LogP contribution in [0.25, 0.3) is 0 Å². The molecule has 0 atom stereocenters. The Morgan fingerprint density at radius 1 is 1.10 bits per heavy atom. The molecule has 0 amide bonds. The molecule has 0 radical (unpaired) electrons. The highest BCUT2D eigenvalue weighted by Crippen LogP contribution is 2.34. The summed E-state index contributed by atoms with van der Waals surface area (Å²) in [5.41, 5.74) is 1.90. The van der Waals surface area contributed by atoms with E-state index < -0.39 is 10.0 Å². The van der Waals surface area contributed by atoms with Gasteiger partial charge in [0.2, 0.25) is 10.0 Å². The SMILES string of the molecule is CC(C)c1cc(S(=O)(=O)NC2CC2)c(C(C)C)cc1Br. The van der Waals surface area contributed by atoms with Crippen LogP contribution < -0.4 is 4.72 Å². The zero-order chi connectivity index (χ0) is 15.1. The quantitative estimate of drug-likeness (QED) is 0.858. The molecule has 1 aromatic carbocycles. The fourth-order valence-electron chi connectivity index (χ4n) is 2.19. The number of benzene rings is 1. The first-order chi connectivity index (χ1) is 9.22. The second-order valence-corrected chi connectivity index (χ2v) is 8.65. The van der Waals surface area contributed by atoms with Crippen molar-refractivity contribution in [1.82, 2.24) is 4.72 Å². The van der Waals surface area contributed by atoms with Crippen LogP contribution in [0.5, 0.6) is 0 Å². The third kappa shape index (κ3) is 3.43. The summed E-state index contributed by atoms with van der Waals surface area (Å²) in [6, 6.07) is 3.92. The monoisotopic (exact) mass is 359 g/mol. The van der Waals surface area contributed by atoms with Gasteiger partial charge < -0.3 is 0 Å². The zero-order valence-electron chi connectivity index (χ0n) is 12.4. The summed E-state index contributed by atoms with van der Waals surface area (Å²) in [4.78, 5) is 0.436. The van der Waals surface area contributed by atoms with Gasteiger partial charge in [-0.3, -0.25) is 0 Å². The maximum absolute atomic E-state index is 12.6. The summed E-state index contributed by atoms with van der Waals surface area (Å²) < 4.78 is 28.9. The van der Waals surface area contributed by atoms with E-state index in [2.05, 4.69) is 34.5 Å². The number of hydrogen-bond acceptors (Lipinski definition) is 2. The first-order valence-electron chi connectivity index (χ1n) is 7.08.